The molecule has 190 valence electrons. The van der Waals surface area contributed by atoms with E-state index in [2.05, 4.69) is 20.8 Å². The van der Waals surface area contributed by atoms with Crippen molar-refractivity contribution in [3.05, 3.63) is 75.1 Å². The van der Waals surface area contributed by atoms with Crippen LogP contribution in [-0.4, -0.2) is 37.3 Å². The number of benzene rings is 2. The standard InChI is InChI=1S/C25H30N6O4S/c1-6-30-23(22(15(2)3)27-24(33)18-8-7-9-19(13-18)31(34)35)28-29-25(30)36-14-21(32)26-20-11-10-16(4)12-17(20)5/h7-13,15,22H,6,14H2,1-5H3,(H,26,32)(H,27,33)/t22-/m1/s1. The van der Waals surface area contributed by atoms with Crippen LogP contribution in [0.3, 0.4) is 0 Å². The molecule has 0 aliphatic heterocycles. The topological polar surface area (TPSA) is 132 Å². The largest absolute Gasteiger partial charge is 0.342 e. The van der Waals surface area contributed by atoms with Gasteiger partial charge in [0.25, 0.3) is 11.6 Å². The quantitative estimate of drug-likeness (QED) is 0.230. The van der Waals surface area contributed by atoms with Gasteiger partial charge in [-0.1, -0.05) is 49.4 Å². The number of aryl methyl sites for hydroxylation is 2. The SMILES string of the molecule is CCn1c(SCC(=O)Nc2ccc(C)cc2C)nnc1[C@H](NC(=O)c1cccc([N+](=O)[O-])c1)C(C)C. The highest BCUT2D eigenvalue weighted by atomic mass is 32.2. The van der Waals surface area contributed by atoms with Gasteiger partial charge in [-0.15, -0.1) is 10.2 Å². The maximum atomic E-state index is 12.9. The number of aromatic nitrogens is 3. The predicted octanol–water partition coefficient (Wildman–Crippen LogP) is 4.68. The van der Waals surface area contributed by atoms with Gasteiger partial charge in [-0.3, -0.25) is 19.7 Å². The number of non-ortho nitro benzene ring substituents is 1. The lowest BCUT2D eigenvalue weighted by Gasteiger charge is -2.22. The fourth-order valence-corrected chi connectivity index (χ4v) is 4.53. The monoisotopic (exact) mass is 510 g/mol. The zero-order chi connectivity index (χ0) is 26.4. The van der Waals surface area contributed by atoms with Crippen molar-refractivity contribution in [1.82, 2.24) is 20.1 Å². The summed E-state index contributed by atoms with van der Waals surface area (Å²) < 4.78 is 1.87. The summed E-state index contributed by atoms with van der Waals surface area (Å²) in [4.78, 5) is 36.0. The van der Waals surface area contributed by atoms with Gasteiger partial charge in [0.15, 0.2) is 11.0 Å². The lowest BCUT2D eigenvalue weighted by atomic mass is 10.0. The molecule has 0 aliphatic rings. The third kappa shape index (κ3) is 6.48. The molecule has 0 saturated carbocycles. The number of nitro benzene ring substituents is 1. The molecule has 36 heavy (non-hydrogen) atoms. The van der Waals surface area contributed by atoms with Crippen molar-refractivity contribution >= 4 is 35.0 Å². The average molecular weight is 511 g/mol. The van der Waals surface area contributed by atoms with E-state index in [-0.39, 0.29) is 28.8 Å². The lowest BCUT2D eigenvalue weighted by molar-refractivity contribution is -0.384. The molecule has 0 unspecified atom stereocenters. The molecule has 1 aromatic heterocycles. The number of nitrogens with one attached hydrogen (secondary N) is 2. The van der Waals surface area contributed by atoms with E-state index in [4.69, 9.17) is 0 Å². The van der Waals surface area contributed by atoms with Crippen molar-refractivity contribution < 1.29 is 14.5 Å². The first-order valence-electron chi connectivity index (χ1n) is 11.6. The Bertz CT molecular complexity index is 1270. The third-order valence-electron chi connectivity index (χ3n) is 5.60. The number of anilines is 1. The Balaban J connectivity index is 1.73. The van der Waals surface area contributed by atoms with Crippen molar-refractivity contribution in [1.29, 1.82) is 0 Å². The van der Waals surface area contributed by atoms with Crippen LogP contribution >= 0.6 is 11.8 Å². The molecule has 3 rings (SSSR count). The highest BCUT2D eigenvalue weighted by molar-refractivity contribution is 7.99. The molecule has 10 nitrogen and oxygen atoms in total. The normalized spacial score (nSPS) is 11.8. The van der Waals surface area contributed by atoms with E-state index in [0.717, 1.165) is 16.8 Å². The second kappa shape index (κ2) is 11.8. The van der Waals surface area contributed by atoms with Crippen molar-refractivity contribution in [2.75, 3.05) is 11.1 Å². The van der Waals surface area contributed by atoms with Gasteiger partial charge in [-0.25, -0.2) is 0 Å². The Morgan fingerprint density at radius 2 is 1.89 bits per heavy atom. The van der Waals surface area contributed by atoms with E-state index in [1.54, 1.807) is 0 Å². The van der Waals surface area contributed by atoms with Crippen LogP contribution in [0.15, 0.2) is 47.6 Å². The van der Waals surface area contributed by atoms with E-state index in [9.17, 15) is 19.7 Å². The first-order chi connectivity index (χ1) is 17.1. The summed E-state index contributed by atoms with van der Waals surface area (Å²) in [5, 5.41) is 26.1. The predicted molar refractivity (Wildman–Crippen MR) is 139 cm³/mol. The first-order valence-corrected chi connectivity index (χ1v) is 12.6. The van der Waals surface area contributed by atoms with Crippen LogP contribution in [-0.2, 0) is 11.3 Å². The Morgan fingerprint density at radius 3 is 2.53 bits per heavy atom. The first kappa shape index (κ1) is 26.9. The number of hydrogen-bond donors (Lipinski definition) is 2. The van der Waals surface area contributed by atoms with Crippen LogP contribution in [0, 0.1) is 29.9 Å². The molecule has 2 aromatic carbocycles. The minimum Gasteiger partial charge on any atom is -0.342 e. The van der Waals surface area contributed by atoms with Crippen molar-refractivity contribution in [2.24, 2.45) is 5.92 Å². The lowest BCUT2D eigenvalue weighted by Crippen LogP contribution is -2.33. The smallest absolute Gasteiger partial charge is 0.270 e. The van der Waals surface area contributed by atoms with Crippen LogP contribution in [0.4, 0.5) is 11.4 Å². The summed E-state index contributed by atoms with van der Waals surface area (Å²) in [6, 6.07) is 10.9. The summed E-state index contributed by atoms with van der Waals surface area (Å²) in [6.07, 6.45) is 0. The maximum Gasteiger partial charge on any atom is 0.270 e. The molecule has 0 fully saturated rings. The van der Waals surface area contributed by atoms with E-state index >= 15 is 0 Å². The Kier molecular flexibility index (Phi) is 8.81. The second-order valence-electron chi connectivity index (χ2n) is 8.74. The molecule has 2 amide bonds. The van der Waals surface area contributed by atoms with E-state index < -0.39 is 16.9 Å². The molecule has 0 bridgehead atoms. The van der Waals surface area contributed by atoms with Crippen LogP contribution in [0.5, 0.6) is 0 Å². The Labute approximate surface area is 214 Å². The van der Waals surface area contributed by atoms with Crippen molar-refractivity contribution in [3.63, 3.8) is 0 Å². The van der Waals surface area contributed by atoms with Gasteiger partial charge in [-0.2, -0.15) is 0 Å². The zero-order valence-corrected chi connectivity index (χ0v) is 21.8. The van der Waals surface area contributed by atoms with Gasteiger partial charge in [0.2, 0.25) is 5.91 Å². The van der Waals surface area contributed by atoms with E-state index in [0.29, 0.717) is 17.5 Å². The number of nitro groups is 1. The van der Waals surface area contributed by atoms with Crippen LogP contribution in [0.1, 0.15) is 54.1 Å². The number of amides is 2. The van der Waals surface area contributed by atoms with Gasteiger partial charge < -0.3 is 15.2 Å². The molecular weight excluding hydrogens is 480 g/mol. The molecule has 1 heterocycles. The minimum atomic E-state index is -0.537. The molecule has 3 aromatic rings. The number of thioether (sulfide) groups is 1. The van der Waals surface area contributed by atoms with E-state index in [1.807, 2.05) is 57.4 Å². The number of carbonyl (C=O) groups is 2. The van der Waals surface area contributed by atoms with Gasteiger partial charge in [0.05, 0.1) is 16.7 Å². The van der Waals surface area contributed by atoms with Gasteiger partial charge in [0, 0.05) is 29.9 Å². The molecule has 1 atom stereocenters. The van der Waals surface area contributed by atoms with Crippen molar-refractivity contribution in [3.8, 4) is 0 Å². The average Bonchev–Trinajstić information content (AvgIpc) is 3.25. The summed E-state index contributed by atoms with van der Waals surface area (Å²) in [5.74, 6) is 0.0812. The maximum absolute atomic E-state index is 12.9. The van der Waals surface area contributed by atoms with Crippen LogP contribution in [0.2, 0.25) is 0 Å². The Morgan fingerprint density at radius 1 is 1.14 bits per heavy atom. The zero-order valence-electron chi connectivity index (χ0n) is 20.9. The molecule has 0 saturated heterocycles. The molecular formula is C25H30N6O4S. The summed E-state index contributed by atoms with van der Waals surface area (Å²) >= 11 is 1.27. The number of carbonyl (C=O) groups excluding carboxylic acids is 2. The number of hydrogen-bond acceptors (Lipinski definition) is 7. The van der Waals surface area contributed by atoms with E-state index in [1.165, 1.54) is 36.0 Å². The van der Waals surface area contributed by atoms with Gasteiger partial charge in [0.1, 0.15) is 0 Å². The minimum absolute atomic E-state index is 0.0344. The highest BCUT2D eigenvalue weighted by Crippen LogP contribution is 2.26. The fourth-order valence-electron chi connectivity index (χ4n) is 3.72. The number of nitrogens with zero attached hydrogens (tertiary/aromatic N) is 4. The molecule has 0 aliphatic carbocycles. The third-order valence-corrected chi connectivity index (χ3v) is 6.57. The molecule has 0 radical (unpaired) electrons. The van der Waals surface area contributed by atoms with Crippen LogP contribution < -0.4 is 10.6 Å². The summed E-state index contributed by atoms with van der Waals surface area (Å²) in [7, 11) is 0. The van der Waals surface area contributed by atoms with Crippen molar-refractivity contribution in [2.45, 2.75) is 52.4 Å². The highest BCUT2D eigenvalue weighted by Gasteiger charge is 2.26. The molecule has 11 heteroatoms. The number of rotatable bonds is 10. The summed E-state index contributed by atoms with van der Waals surface area (Å²) in [6.45, 7) is 10.3. The second-order valence-corrected chi connectivity index (χ2v) is 9.69. The Hall–Kier alpha value is -3.73. The molecule has 2 N–H and O–H groups in total. The van der Waals surface area contributed by atoms with Gasteiger partial charge >= 0.3 is 0 Å². The summed E-state index contributed by atoms with van der Waals surface area (Å²) in [5.41, 5.74) is 2.92. The fraction of sp³-hybridized carbons (Fsp3) is 0.360. The van der Waals surface area contributed by atoms with Crippen LogP contribution in [0.25, 0.3) is 0 Å². The molecule has 0 spiro atoms. The van der Waals surface area contributed by atoms with Gasteiger partial charge in [-0.05, 0) is 44.4 Å².